The highest BCUT2D eigenvalue weighted by atomic mass is 19.1. The van der Waals surface area contributed by atoms with Gasteiger partial charge in [-0.1, -0.05) is 12.1 Å². The molecule has 0 radical (unpaired) electrons. The molecule has 1 heterocycles. The van der Waals surface area contributed by atoms with Crippen LogP contribution in [0.4, 0.5) is 4.39 Å². The first-order valence-electron chi connectivity index (χ1n) is 5.71. The molecule has 0 bridgehead atoms. The van der Waals surface area contributed by atoms with E-state index < -0.39 is 5.95 Å². The minimum absolute atomic E-state index is 0.147. The van der Waals surface area contributed by atoms with Crippen molar-refractivity contribution >= 4 is 5.91 Å². The third kappa shape index (κ3) is 3.28. The predicted molar refractivity (Wildman–Crippen MR) is 68.1 cm³/mol. The first-order chi connectivity index (χ1) is 9.06. The maximum Gasteiger partial charge on any atom is 0.254 e. The van der Waals surface area contributed by atoms with Crippen LogP contribution in [0.1, 0.15) is 15.9 Å². The summed E-state index contributed by atoms with van der Waals surface area (Å²) in [7, 11) is 1.62. The van der Waals surface area contributed by atoms with E-state index in [9.17, 15) is 14.3 Å². The van der Waals surface area contributed by atoms with Crippen molar-refractivity contribution in [2.75, 3.05) is 7.05 Å². The summed E-state index contributed by atoms with van der Waals surface area (Å²) in [5.74, 6) is -0.838. The lowest BCUT2D eigenvalue weighted by Gasteiger charge is -2.17. The molecule has 0 saturated heterocycles. The number of phenolic OH excluding ortho intramolecular Hbond substituents is 1. The summed E-state index contributed by atoms with van der Waals surface area (Å²) in [6, 6.07) is 9.21. The molecule has 2 rings (SSSR count). The third-order valence-corrected chi connectivity index (χ3v) is 2.65. The van der Waals surface area contributed by atoms with Crippen LogP contribution in [0.25, 0.3) is 0 Å². The molecule has 2 aromatic rings. The minimum atomic E-state index is -0.684. The van der Waals surface area contributed by atoms with Gasteiger partial charge in [0.25, 0.3) is 5.91 Å². The number of rotatable bonds is 3. The van der Waals surface area contributed by atoms with E-state index in [1.165, 1.54) is 17.2 Å². The van der Waals surface area contributed by atoms with Gasteiger partial charge in [-0.15, -0.1) is 0 Å². The van der Waals surface area contributed by atoms with Crippen LogP contribution >= 0.6 is 0 Å². The largest absolute Gasteiger partial charge is 0.508 e. The van der Waals surface area contributed by atoms with Gasteiger partial charge in [0.1, 0.15) is 5.75 Å². The first kappa shape index (κ1) is 13.0. The Morgan fingerprint density at radius 2 is 2.16 bits per heavy atom. The van der Waals surface area contributed by atoms with Crippen LogP contribution in [0.3, 0.4) is 0 Å². The number of benzene rings is 1. The first-order valence-corrected chi connectivity index (χ1v) is 5.71. The standard InChI is InChI=1S/C14H13FN2O2/c1-17(9-10-3-2-4-12(18)7-10)14(19)11-5-6-16-13(15)8-11/h2-8,18H,9H2,1H3. The molecule has 0 atom stereocenters. The van der Waals surface area contributed by atoms with E-state index >= 15 is 0 Å². The monoisotopic (exact) mass is 260 g/mol. The fraction of sp³-hybridized carbons (Fsp3) is 0.143. The van der Waals surface area contributed by atoms with Crippen LogP contribution in [0.2, 0.25) is 0 Å². The summed E-state index contributed by atoms with van der Waals surface area (Å²) in [5.41, 5.74) is 1.04. The molecule has 0 unspecified atom stereocenters. The van der Waals surface area contributed by atoms with Gasteiger partial charge in [-0.2, -0.15) is 4.39 Å². The average Bonchev–Trinajstić information content (AvgIpc) is 2.38. The summed E-state index contributed by atoms with van der Waals surface area (Å²) in [6.07, 6.45) is 1.25. The van der Waals surface area contributed by atoms with Crippen molar-refractivity contribution in [3.05, 3.63) is 59.7 Å². The normalized spacial score (nSPS) is 10.2. The number of halogens is 1. The predicted octanol–water partition coefficient (Wildman–Crippen LogP) is 2.20. The molecule has 1 N–H and O–H groups in total. The lowest BCUT2D eigenvalue weighted by atomic mass is 10.2. The van der Waals surface area contributed by atoms with Crippen molar-refractivity contribution in [2.24, 2.45) is 0 Å². The molecule has 0 aliphatic heterocycles. The summed E-state index contributed by atoms with van der Waals surface area (Å²) < 4.78 is 13.0. The summed E-state index contributed by atoms with van der Waals surface area (Å²) in [6.45, 7) is 0.331. The third-order valence-electron chi connectivity index (χ3n) is 2.65. The second-order valence-electron chi connectivity index (χ2n) is 4.20. The number of carbonyl (C=O) groups is 1. The van der Waals surface area contributed by atoms with Gasteiger partial charge in [-0.05, 0) is 23.8 Å². The van der Waals surface area contributed by atoms with Gasteiger partial charge in [-0.3, -0.25) is 4.79 Å². The van der Waals surface area contributed by atoms with Crippen molar-refractivity contribution in [3.8, 4) is 5.75 Å². The molecular weight excluding hydrogens is 247 g/mol. The molecule has 19 heavy (non-hydrogen) atoms. The summed E-state index contributed by atoms with van der Waals surface area (Å²) in [4.78, 5) is 16.9. The maximum atomic E-state index is 13.0. The lowest BCUT2D eigenvalue weighted by Crippen LogP contribution is -2.26. The van der Waals surface area contributed by atoms with Crippen LogP contribution in [0.15, 0.2) is 42.6 Å². The van der Waals surface area contributed by atoms with E-state index in [1.54, 1.807) is 31.3 Å². The molecule has 1 aromatic heterocycles. The van der Waals surface area contributed by atoms with Crippen LogP contribution in [0.5, 0.6) is 5.75 Å². The second-order valence-corrected chi connectivity index (χ2v) is 4.20. The zero-order chi connectivity index (χ0) is 13.8. The van der Waals surface area contributed by atoms with Crippen LogP contribution in [-0.4, -0.2) is 27.9 Å². The Morgan fingerprint density at radius 3 is 2.84 bits per heavy atom. The number of aromatic hydroxyl groups is 1. The molecule has 0 spiro atoms. The van der Waals surface area contributed by atoms with Gasteiger partial charge in [-0.25, -0.2) is 4.98 Å². The van der Waals surface area contributed by atoms with Gasteiger partial charge in [0.15, 0.2) is 0 Å². The Morgan fingerprint density at radius 1 is 1.37 bits per heavy atom. The number of phenols is 1. The Bertz CT molecular complexity index is 602. The summed E-state index contributed by atoms with van der Waals surface area (Å²) in [5, 5.41) is 9.36. The van der Waals surface area contributed by atoms with Crippen molar-refractivity contribution < 1.29 is 14.3 Å². The van der Waals surface area contributed by atoms with Gasteiger partial charge in [0.2, 0.25) is 5.95 Å². The number of nitrogens with zero attached hydrogens (tertiary/aromatic N) is 2. The van der Waals surface area contributed by atoms with E-state index in [-0.39, 0.29) is 17.2 Å². The molecule has 0 aliphatic rings. The molecular formula is C14H13FN2O2. The highest BCUT2D eigenvalue weighted by molar-refractivity contribution is 5.93. The van der Waals surface area contributed by atoms with E-state index in [2.05, 4.69) is 4.98 Å². The van der Waals surface area contributed by atoms with Crippen molar-refractivity contribution in [3.63, 3.8) is 0 Å². The van der Waals surface area contributed by atoms with Crippen LogP contribution in [0, 0.1) is 5.95 Å². The van der Waals surface area contributed by atoms with Crippen molar-refractivity contribution in [1.29, 1.82) is 0 Å². The molecule has 98 valence electrons. The summed E-state index contributed by atoms with van der Waals surface area (Å²) >= 11 is 0. The topological polar surface area (TPSA) is 53.4 Å². The number of hydrogen-bond donors (Lipinski definition) is 1. The molecule has 1 amide bonds. The molecule has 1 aromatic carbocycles. The number of carbonyl (C=O) groups excluding carboxylic acids is 1. The van der Waals surface area contributed by atoms with E-state index in [1.807, 2.05) is 0 Å². The number of pyridine rings is 1. The van der Waals surface area contributed by atoms with Crippen molar-refractivity contribution in [1.82, 2.24) is 9.88 Å². The van der Waals surface area contributed by atoms with Gasteiger partial charge in [0, 0.05) is 31.4 Å². The van der Waals surface area contributed by atoms with Crippen LogP contribution in [-0.2, 0) is 6.54 Å². The number of amides is 1. The molecule has 4 nitrogen and oxygen atoms in total. The van der Waals surface area contributed by atoms with Crippen molar-refractivity contribution in [2.45, 2.75) is 6.54 Å². The van der Waals surface area contributed by atoms with E-state index in [4.69, 9.17) is 0 Å². The Kier molecular flexibility index (Phi) is 3.75. The smallest absolute Gasteiger partial charge is 0.254 e. The van der Waals surface area contributed by atoms with E-state index in [0.29, 0.717) is 6.54 Å². The molecule has 0 aliphatic carbocycles. The number of aromatic nitrogens is 1. The Balaban J connectivity index is 2.12. The highest BCUT2D eigenvalue weighted by Gasteiger charge is 2.13. The van der Waals surface area contributed by atoms with Gasteiger partial charge < -0.3 is 10.0 Å². The van der Waals surface area contributed by atoms with Gasteiger partial charge in [0.05, 0.1) is 0 Å². The second kappa shape index (κ2) is 5.48. The fourth-order valence-corrected chi connectivity index (χ4v) is 1.76. The van der Waals surface area contributed by atoms with Gasteiger partial charge >= 0.3 is 0 Å². The highest BCUT2D eigenvalue weighted by Crippen LogP contribution is 2.14. The van der Waals surface area contributed by atoms with E-state index in [0.717, 1.165) is 11.6 Å². The Labute approximate surface area is 110 Å². The molecule has 0 saturated carbocycles. The SMILES string of the molecule is CN(Cc1cccc(O)c1)C(=O)c1ccnc(F)c1. The lowest BCUT2D eigenvalue weighted by molar-refractivity contribution is 0.0784. The minimum Gasteiger partial charge on any atom is -0.508 e. The molecule has 0 fully saturated rings. The Hall–Kier alpha value is -2.43. The fourth-order valence-electron chi connectivity index (χ4n) is 1.76. The maximum absolute atomic E-state index is 13.0. The van der Waals surface area contributed by atoms with Crippen LogP contribution < -0.4 is 0 Å². The molecule has 5 heteroatoms. The average molecular weight is 260 g/mol. The zero-order valence-corrected chi connectivity index (χ0v) is 10.4. The number of hydrogen-bond acceptors (Lipinski definition) is 3. The quantitative estimate of drug-likeness (QED) is 0.861. The zero-order valence-electron chi connectivity index (χ0n) is 10.4.